The average molecular weight is 340 g/mol. The highest BCUT2D eigenvalue weighted by atomic mass is 16.5. The highest BCUT2D eigenvalue weighted by Crippen LogP contribution is 2.38. The van der Waals surface area contributed by atoms with Crippen LogP contribution in [0.5, 0.6) is 11.5 Å². The zero-order valence-electron chi connectivity index (χ0n) is 14.6. The molecule has 0 saturated carbocycles. The molecule has 6 heteroatoms. The molecule has 2 aromatic carbocycles. The first-order chi connectivity index (χ1) is 11.9. The first-order valence-corrected chi connectivity index (χ1v) is 7.86. The molecule has 0 radical (unpaired) electrons. The van der Waals surface area contributed by atoms with E-state index in [1.54, 1.807) is 43.5 Å². The van der Waals surface area contributed by atoms with Crippen LogP contribution in [-0.2, 0) is 10.2 Å². The SMILES string of the molecule is COc1ccc(OC)c(NC(=O)c2ccc3c(c2)C(C)(C)C(=O)N3)c1. The van der Waals surface area contributed by atoms with Gasteiger partial charge < -0.3 is 20.1 Å². The molecule has 1 aliphatic heterocycles. The number of carbonyl (C=O) groups excluding carboxylic acids is 2. The number of carbonyl (C=O) groups is 2. The van der Waals surface area contributed by atoms with Crippen molar-refractivity contribution in [3.05, 3.63) is 47.5 Å². The van der Waals surface area contributed by atoms with Gasteiger partial charge in [-0.15, -0.1) is 0 Å². The van der Waals surface area contributed by atoms with E-state index in [4.69, 9.17) is 9.47 Å². The third-order valence-electron chi connectivity index (χ3n) is 4.43. The molecular weight excluding hydrogens is 320 g/mol. The van der Waals surface area contributed by atoms with Gasteiger partial charge in [0, 0.05) is 17.3 Å². The summed E-state index contributed by atoms with van der Waals surface area (Å²) in [6.07, 6.45) is 0. The number of fused-ring (bicyclic) bond motifs is 1. The normalized spacial score (nSPS) is 14.5. The number of nitrogens with one attached hydrogen (secondary N) is 2. The second-order valence-electron chi connectivity index (χ2n) is 6.36. The van der Waals surface area contributed by atoms with Gasteiger partial charge in [0.05, 0.1) is 25.3 Å². The standard InChI is InChI=1S/C19H20N2O4/c1-19(2)13-9-11(5-7-14(13)21-18(19)23)17(22)20-15-10-12(24-3)6-8-16(15)25-4/h5-10H,1-4H3,(H,20,22)(H,21,23). The van der Waals surface area contributed by atoms with Crippen molar-refractivity contribution in [3.63, 3.8) is 0 Å². The summed E-state index contributed by atoms with van der Waals surface area (Å²) in [6, 6.07) is 10.4. The summed E-state index contributed by atoms with van der Waals surface area (Å²) < 4.78 is 10.5. The Morgan fingerprint density at radius 2 is 1.84 bits per heavy atom. The molecule has 3 rings (SSSR count). The van der Waals surface area contributed by atoms with E-state index in [1.807, 2.05) is 13.8 Å². The van der Waals surface area contributed by atoms with Gasteiger partial charge >= 0.3 is 0 Å². The van der Waals surface area contributed by atoms with Gasteiger partial charge in [0.15, 0.2) is 0 Å². The number of benzene rings is 2. The van der Waals surface area contributed by atoms with Crippen molar-refractivity contribution in [3.8, 4) is 11.5 Å². The second kappa shape index (κ2) is 6.12. The number of hydrogen-bond donors (Lipinski definition) is 2. The van der Waals surface area contributed by atoms with Gasteiger partial charge in [0.25, 0.3) is 5.91 Å². The summed E-state index contributed by atoms with van der Waals surface area (Å²) in [6.45, 7) is 3.67. The van der Waals surface area contributed by atoms with Crippen LogP contribution in [-0.4, -0.2) is 26.0 Å². The molecule has 0 aromatic heterocycles. The smallest absolute Gasteiger partial charge is 0.255 e. The lowest BCUT2D eigenvalue weighted by Crippen LogP contribution is -2.27. The maximum atomic E-state index is 12.7. The lowest BCUT2D eigenvalue weighted by atomic mass is 9.85. The number of anilines is 2. The molecular formula is C19H20N2O4. The third-order valence-corrected chi connectivity index (χ3v) is 4.43. The first-order valence-electron chi connectivity index (χ1n) is 7.86. The molecule has 0 aliphatic carbocycles. The van der Waals surface area contributed by atoms with E-state index in [1.165, 1.54) is 7.11 Å². The molecule has 2 aromatic rings. The minimum atomic E-state index is -0.667. The van der Waals surface area contributed by atoms with Crippen molar-refractivity contribution in [1.82, 2.24) is 0 Å². The number of ether oxygens (including phenoxy) is 2. The van der Waals surface area contributed by atoms with E-state index in [0.717, 1.165) is 11.3 Å². The van der Waals surface area contributed by atoms with Gasteiger partial charge in [-0.1, -0.05) is 0 Å². The molecule has 6 nitrogen and oxygen atoms in total. The van der Waals surface area contributed by atoms with E-state index in [9.17, 15) is 9.59 Å². The summed E-state index contributed by atoms with van der Waals surface area (Å²) in [4.78, 5) is 24.7. The van der Waals surface area contributed by atoms with Crippen molar-refractivity contribution in [2.24, 2.45) is 0 Å². The van der Waals surface area contributed by atoms with Crippen LogP contribution in [0.1, 0.15) is 29.8 Å². The quantitative estimate of drug-likeness (QED) is 0.896. The van der Waals surface area contributed by atoms with Gasteiger partial charge in [-0.2, -0.15) is 0 Å². The topological polar surface area (TPSA) is 76.7 Å². The van der Waals surface area contributed by atoms with E-state index in [-0.39, 0.29) is 11.8 Å². The Kier molecular flexibility index (Phi) is 4.12. The van der Waals surface area contributed by atoms with Crippen LogP contribution in [0.2, 0.25) is 0 Å². The molecule has 2 amide bonds. The molecule has 25 heavy (non-hydrogen) atoms. The van der Waals surface area contributed by atoms with Crippen molar-refractivity contribution >= 4 is 23.2 Å². The number of amides is 2. The maximum absolute atomic E-state index is 12.7. The Balaban J connectivity index is 1.91. The Morgan fingerprint density at radius 1 is 1.08 bits per heavy atom. The van der Waals surface area contributed by atoms with E-state index < -0.39 is 5.41 Å². The van der Waals surface area contributed by atoms with Crippen molar-refractivity contribution < 1.29 is 19.1 Å². The van der Waals surface area contributed by atoms with Gasteiger partial charge in [-0.05, 0) is 49.7 Å². The fourth-order valence-corrected chi connectivity index (χ4v) is 2.82. The fraction of sp³-hybridized carbons (Fsp3) is 0.263. The molecule has 1 heterocycles. The summed E-state index contributed by atoms with van der Waals surface area (Å²) in [5.74, 6) is 0.785. The largest absolute Gasteiger partial charge is 0.497 e. The molecule has 0 spiro atoms. The van der Waals surface area contributed by atoms with Crippen LogP contribution in [0.3, 0.4) is 0 Å². The number of methoxy groups -OCH3 is 2. The average Bonchev–Trinajstić information content (AvgIpc) is 2.83. The molecule has 0 atom stereocenters. The zero-order valence-corrected chi connectivity index (χ0v) is 14.6. The summed E-state index contributed by atoms with van der Waals surface area (Å²) in [5, 5.41) is 5.66. The number of rotatable bonds is 4. The molecule has 1 aliphatic rings. The Bertz CT molecular complexity index is 858. The van der Waals surface area contributed by atoms with E-state index in [0.29, 0.717) is 22.7 Å². The fourth-order valence-electron chi connectivity index (χ4n) is 2.82. The van der Waals surface area contributed by atoms with Crippen LogP contribution >= 0.6 is 0 Å². The summed E-state index contributed by atoms with van der Waals surface area (Å²) in [7, 11) is 3.09. The van der Waals surface area contributed by atoms with Gasteiger partial charge in [-0.25, -0.2) is 0 Å². The molecule has 2 N–H and O–H groups in total. The number of hydrogen-bond acceptors (Lipinski definition) is 4. The van der Waals surface area contributed by atoms with Gasteiger partial charge in [0.1, 0.15) is 11.5 Å². The van der Waals surface area contributed by atoms with Gasteiger partial charge in [-0.3, -0.25) is 9.59 Å². The molecule has 130 valence electrons. The van der Waals surface area contributed by atoms with Crippen molar-refractivity contribution in [2.75, 3.05) is 24.9 Å². The molecule has 0 unspecified atom stereocenters. The Hall–Kier alpha value is -3.02. The van der Waals surface area contributed by atoms with Crippen LogP contribution < -0.4 is 20.1 Å². The maximum Gasteiger partial charge on any atom is 0.255 e. The van der Waals surface area contributed by atoms with Crippen molar-refractivity contribution in [1.29, 1.82) is 0 Å². The monoisotopic (exact) mass is 340 g/mol. The zero-order chi connectivity index (χ0) is 18.2. The Labute approximate surface area is 146 Å². The second-order valence-corrected chi connectivity index (χ2v) is 6.36. The van der Waals surface area contributed by atoms with Crippen LogP contribution in [0.15, 0.2) is 36.4 Å². The Morgan fingerprint density at radius 3 is 2.52 bits per heavy atom. The predicted molar refractivity (Wildman–Crippen MR) is 95.6 cm³/mol. The lowest BCUT2D eigenvalue weighted by molar-refractivity contribution is -0.119. The minimum Gasteiger partial charge on any atom is -0.497 e. The van der Waals surface area contributed by atoms with Gasteiger partial charge in [0.2, 0.25) is 5.91 Å². The molecule has 0 saturated heterocycles. The van der Waals surface area contributed by atoms with Crippen LogP contribution in [0.4, 0.5) is 11.4 Å². The lowest BCUT2D eigenvalue weighted by Gasteiger charge is -2.16. The van der Waals surface area contributed by atoms with E-state index in [2.05, 4.69) is 10.6 Å². The summed E-state index contributed by atoms with van der Waals surface area (Å²) in [5.41, 5.74) is 1.86. The predicted octanol–water partition coefficient (Wildman–Crippen LogP) is 3.19. The van der Waals surface area contributed by atoms with Crippen LogP contribution in [0, 0.1) is 0 Å². The summed E-state index contributed by atoms with van der Waals surface area (Å²) >= 11 is 0. The highest BCUT2D eigenvalue weighted by Gasteiger charge is 2.38. The molecule has 0 bridgehead atoms. The third kappa shape index (κ3) is 2.91. The first kappa shape index (κ1) is 16.8. The van der Waals surface area contributed by atoms with Crippen LogP contribution in [0.25, 0.3) is 0 Å². The highest BCUT2D eigenvalue weighted by molar-refractivity contribution is 6.09. The van der Waals surface area contributed by atoms with Crippen molar-refractivity contribution in [2.45, 2.75) is 19.3 Å². The molecule has 0 fully saturated rings. The van der Waals surface area contributed by atoms with E-state index >= 15 is 0 Å². The minimum absolute atomic E-state index is 0.0745.